The van der Waals surface area contributed by atoms with Gasteiger partial charge in [-0.15, -0.1) is 0 Å². The van der Waals surface area contributed by atoms with Crippen molar-refractivity contribution in [3.63, 3.8) is 0 Å². The molecule has 0 atom stereocenters. The highest BCUT2D eigenvalue weighted by atomic mass is 16.5. The maximum atomic E-state index is 6.38. The maximum absolute atomic E-state index is 6.38. The Labute approximate surface area is 152 Å². The molecule has 0 aromatic heterocycles. The molecule has 1 aliphatic rings. The zero-order valence-corrected chi connectivity index (χ0v) is 14.1. The summed E-state index contributed by atoms with van der Waals surface area (Å²) in [6, 6.07) is 32.3. The number of para-hydroxylation sites is 4. The smallest absolute Gasteiger partial charge is 0.135 e. The number of ether oxygens (including phenoxy) is 2. The highest BCUT2D eigenvalue weighted by Gasteiger charge is 2.18. The Hall–Kier alpha value is -3.52. The summed E-state index contributed by atoms with van der Waals surface area (Å²) in [6.45, 7) is 0. The predicted molar refractivity (Wildman–Crippen MR) is 104 cm³/mol. The fourth-order valence-electron chi connectivity index (χ4n) is 3.35. The van der Waals surface area contributed by atoms with Crippen LogP contribution in [0.4, 0.5) is 0 Å². The van der Waals surface area contributed by atoms with E-state index in [4.69, 9.17) is 9.47 Å². The van der Waals surface area contributed by atoms with Gasteiger partial charge >= 0.3 is 0 Å². The van der Waals surface area contributed by atoms with Crippen LogP contribution in [0, 0.1) is 0 Å². The lowest BCUT2D eigenvalue weighted by Gasteiger charge is -2.20. The summed E-state index contributed by atoms with van der Waals surface area (Å²) in [5.74, 6) is 3.26. The van der Waals surface area contributed by atoms with Gasteiger partial charge in [0.15, 0.2) is 0 Å². The molecule has 5 rings (SSSR count). The van der Waals surface area contributed by atoms with Crippen molar-refractivity contribution in [2.24, 2.45) is 0 Å². The molecule has 0 aliphatic carbocycles. The number of fused-ring (bicyclic) bond motifs is 6. The second-order valence-electron chi connectivity index (χ2n) is 6.19. The van der Waals surface area contributed by atoms with Crippen molar-refractivity contribution in [3.05, 3.63) is 97.1 Å². The third-order valence-electron chi connectivity index (χ3n) is 4.57. The quantitative estimate of drug-likeness (QED) is 0.305. The SMILES string of the molecule is c1ccc2c(c1)Oc1ccccc1-c1ccccc1Oc1ccccc1-2. The van der Waals surface area contributed by atoms with Crippen LogP contribution in [0.15, 0.2) is 97.1 Å². The Morgan fingerprint density at radius 3 is 0.808 bits per heavy atom. The molecule has 2 nitrogen and oxygen atoms in total. The summed E-state index contributed by atoms with van der Waals surface area (Å²) in [5, 5.41) is 0. The van der Waals surface area contributed by atoms with Crippen LogP contribution >= 0.6 is 0 Å². The van der Waals surface area contributed by atoms with Gasteiger partial charge in [-0.05, 0) is 24.3 Å². The first-order chi connectivity index (χ1) is 12.9. The van der Waals surface area contributed by atoms with Crippen molar-refractivity contribution >= 4 is 0 Å². The molecule has 1 heterocycles. The first kappa shape index (κ1) is 14.8. The largest absolute Gasteiger partial charge is 0.456 e. The zero-order chi connectivity index (χ0) is 17.3. The van der Waals surface area contributed by atoms with E-state index in [-0.39, 0.29) is 0 Å². The van der Waals surface area contributed by atoms with E-state index in [0.717, 1.165) is 45.3 Å². The van der Waals surface area contributed by atoms with Gasteiger partial charge in [-0.3, -0.25) is 0 Å². The Morgan fingerprint density at radius 2 is 0.538 bits per heavy atom. The summed E-state index contributed by atoms with van der Waals surface area (Å²) in [4.78, 5) is 0. The lowest BCUT2D eigenvalue weighted by molar-refractivity contribution is 0.472. The van der Waals surface area contributed by atoms with Gasteiger partial charge in [-0.1, -0.05) is 72.8 Å². The summed E-state index contributed by atoms with van der Waals surface area (Å²) in [6.07, 6.45) is 0. The van der Waals surface area contributed by atoms with Crippen molar-refractivity contribution in [3.8, 4) is 45.3 Å². The van der Waals surface area contributed by atoms with E-state index >= 15 is 0 Å². The standard InChI is InChI=1S/C24H16O2/c1-5-13-21-17(9-1)18-10-2-6-14-22(18)26-24-16-8-4-12-20(24)19-11-3-7-15-23(19)25-21/h1-16H. The van der Waals surface area contributed by atoms with Crippen LogP contribution in [0.5, 0.6) is 23.0 Å². The molecule has 4 aromatic carbocycles. The molecule has 0 unspecified atom stereocenters. The van der Waals surface area contributed by atoms with E-state index in [1.165, 1.54) is 0 Å². The molecule has 1 aliphatic heterocycles. The third kappa shape index (κ3) is 2.44. The summed E-state index contributed by atoms with van der Waals surface area (Å²) < 4.78 is 12.8. The molecule has 0 fully saturated rings. The molecule has 0 spiro atoms. The monoisotopic (exact) mass is 336 g/mol. The van der Waals surface area contributed by atoms with Crippen molar-refractivity contribution in [2.75, 3.05) is 0 Å². The van der Waals surface area contributed by atoms with Crippen molar-refractivity contribution < 1.29 is 9.47 Å². The Morgan fingerprint density at radius 1 is 0.308 bits per heavy atom. The molecule has 4 aromatic rings. The lowest BCUT2D eigenvalue weighted by atomic mass is 10.0. The number of rotatable bonds is 0. The third-order valence-corrected chi connectivity index (χ3v) is 4.57. The molecule has 0 saturated heterocycles. The van der Waals surface area contributed by atoms with E-state index in [9.17, 15) is 0 Å². The van der Waals surface area contributed by atoms with Gasteiger partial charge in [0, 0.05) is 22.3 Å². The predicted octanol–water partition coefficient (Wildman–Crippen LogP) is 6.92. The van der Waals surface area contributed by atoms with E-state index < -0.39 is 0 Å². The van der Waals surface area contributed by atoms with Gasteiger partial charge in [0.1, 0.15) is 23.0 Å². The normalized spacial score (nSPS) is 11.7. The van der Waals surface area contributed by atoms with Gasteiger partial charge in [0.05, 0.1) is 0 Å². The molecule has 124 valence electrons. The van der Waals surface area contributed by atoms with Crippen molar-refractivity contribution in [2.45, 2.75) is 0 Å². The molecule has 0 saturated carbocycles. The second-order valence-corrected chi connectivity index (χ2v) is 6.19. The average molecular weight is 336 g/mol. The minimum absolute atomic E-state index is 0.815. The zero-order valence-electron chi connectivity index (χ0n) is 14.1. The van der Waals surface area contributed by atoms with E-state index in [2.05, 4.69) is 24.3 Å². The van der Waals surface area contributed by atoms with Crippen LogP contribution in [0.2, 0.25) is 0 Å². The summed E-state index contributed by atoms with van der Waals surface area (Å²) in [7, 11) is 0. The van der Waals surface area contributed by atoms with Crippen LogP contribution in [0.3, 0.4) is 0 Å². The number of hydrogen-bond acceptors (Lipinski definition) is 2. The fourth-order valence-corrected chi connectivity index (χ4v) is 3.35. The fraction of sp³-hybridized carbons (Fsp3) is 0. The number of hydrogen-bond donors (Lipinski definition) is 0. The van der Waals surface area contributed by atoms with Gasteiger partial charge in [-0.2, -0.15) is 0 Å². The average Bonchev–Trinajstić information content (AvgIpc) is 2.70. The Balaban J connectivity index is 1.84. The van der Waals surface area contributed by atoms with Crippen LogP contribution in [0.25, 0.3) is 22.3 Å². The van der Waals surface area contributed by atoms with Crippen molar-refractivity contribution in [1.82, 2.24) is 0 Å². The minimum Gasteiger partial charge on any atom is -0.456 e. The van der Waals surface area contributed by atoms with Crippen LogP contribution in [-0.4, -0.2) is 0 Å². The second kappa shape index (κ2) is 6.08. The molecule has 0 N–H and O–H groups in total. The van der Waals surface area contributed by atoms with Crippen LogP contribution in [0.1, 0.15) is 0 Å². The minimum atomic E-state index is 0.815. The highest BCUT2D eigenvalue weighted by Crippen LogP contribution is 2.46. The first-order valence-electron chi connectivity index (χ1n) is 8.63. The summed E-state index contributed by atoms with van der Waals surface area (Å²) >= 11 is 0. The number of benzene rings is 4. The molecule has 0 radical (unpaired) electrons. The topological polar surface area (TPSA) is 18.5 Å². The first-order valence-corrected chi connectivity index (χ1v) is 8.63. The van der Waals surface area contributed by atoms with Crippen LogP contribution < -0.4 is 9.47 Å². The van der Waals surface area contributed by atoms with Gasteiger partial charge in [0.2, 0.25) is 0 Å². The maximum Gasteiger partial charge on any atom is 0.135 e. The summed E-state index contributed by atoms with van der Waals surface area (Å²) in [5.41, 5.74) is 4.05. The van der Waals surface area contributed by atoms with Crippen molar-refractivity contribution in [1.29, 1.82) is 0 Å². The molecule has 2 heteroatoms. The lowest BCUT2D eigenvalue weighted by Crippen LogP contribution is -1.97. The van der Waals surface area contributed by atoms with Gasteiger partial charge in [-0.25, -0.2) is 0 Å². The molecule has 0 amide bonds. The van der Waals surface area contributed by atoms with E-state index in [0.29, 0.717) is 0 Å². The van der Waals surface area contributed by atoms with Gasteiger partial charge < -0.3 is 9.47 Å². The van der Waals surface area contributed by atoms with E-state index in [1.54, 1.807) is 0 Å². The molecular weight excluding hydrogens is 320 g/mol. The molecular formula is C24H16O2. The van der Waals surface area contributed by atoms with Gasteiger partial charge in [0.25, 0.3) is 0 Å². The molecule has 26 heavy (non-hydrogen) atoms. The Bertz CT molecular complexity index is 922. The Kier molecular flexibility index (Phi) is 3.46. The van der Waals surface area contributed by atoms with E-state index in [1.807, 2.05) is 72.8 Å². The highest BCUT2D eigenvalue weighted by molar-refractivity contribution is 5.81. The molecule has 0 bridgehead atoms. The van der Waals surface area contributed by atoms with Crippen LogP contribution in [-0.2, 0) is 0 Å².